The van der Waals surface area contributed by atoms with Crippen LogP contribution in [0, 0.1) is 5.82 Å². The minimum Gasteiger partial charge on any atom is -0.494 e. The Labute approximate surface area is 180 Å². The molecule has 5 nitrogen and oxygen atoms in total. The average molecular weight is 417 g/mol. The first kappa shape index (κ1) is 20.6. The normalized spacial score (nSPS) is 10.9. The smallest absolute Gasteiger partial charge is 0.280 e. The first-order chi connectivity index (χ1) is 15.2. The Kier molecular flexibility index (Phi) is 6.26. The lowest BCUT2D eigenvalue weighted by Crippen LogP contribution is -2.31. The van der Waals surface area contributed by atoms with Crippen LogP contribution < -0.4 is 15.7 Å². The van der Waals surface area contributed by atoms with Gasteiger partial charge in [-0.1, -0.05) is 37.6 Å². The van der Waals surface area contributed by atoms with Gasteiger partial charge in [-0.25, -0.2) is 14.1 Å². The zero-order valence-corrected chi connectivity index (χ0v) is 17.3. The lowest BCUT2D eigenvalue weighted by atomic mass is 10.2. The van der Waals surface area contributed by atoms with Gasteiger partial charge in [0, 0.05) is 5.56 Å². The van der Waals surface area contributed by atoms with Gasteiger partial charge in [-0.15, -0.1) is 0 Å². The SMILES string of the molecule is CCCCOc1ccc(CNn2c(-c3ccc(F)cc3)nc3ccccc3c2=O)cc1. The second-order valence-corrected chi connectivity index (χ2v) is 7.28. The van der Waals surface area contributed by atoms with Crippen molar-refractivity contribution >= 4 is 10.9 Å². The molecule has 1 aromatic heterocycles. The van der Waals surface area contributed by atoms with E-state index >= 15 is 0 Å². The van der Waals surface area contributed by atoms with E-state index in [0.717, 1.165) is 24.2 Å². The largest absolute Gasteiger partial charge is 0.494 e. The van der Waals surface area contributed by atoms with Crippen LogP contribution in [0.5, 0.6) is 5.75 Å². The number of benzene rings is 3. The van der Waals surface area contributed by atoms with Crippen molar-refractivity contribution in [1.82, 2.24) is 9.66 Å². The molecule has 0 saturated heterocycles. The Bertz CT molecular complexity index is 1220. The van der Waals surface area contributed by atoms with Crippen molar-refractivity contribution in [3.63, 3.8) is 0 Å². The molecular formula is C25H24FN3O2. The van der Waals surface area contributed by atoms with Crippen LogP contribution >= 0.6 is 0 Å². The lowest BCUT2D eigenvalue weighted by molar-refractivity contribution is 0.309. The molecule has 31 heavy (non-hydrogen) atoms. The second-order valence-electron chi connectivity index (χ2n) is 7.28. The van der Waals surface area contributed by atoms with Gasteiger partial charge in [0.1, 0.15) is 11.6 Å². The Morgan fingerprint density at radius 3 is 2.48 bits per heavy atom. The monoisotopic (exact) mass is 417 g/mol. The summed E-state index contributed by atoms with van der Waals surface area (Å²) in [6.07, 6.45) is 2.11. The van der Waals surface area contributed by atoms with Gasteiger partial charge in [0.2, 0.25) is 0 Å². The van der Waals surface area contributed by atoms with E-state index in [0.29, 0.717) is 35.4 Å². The van der Waals surface area contributed by atoms with Crippen molar-refractivity contribution in [2.75, 3.05) is 12.0 Å². The van der Waals surface area contributed by atoms with Crippen LogP contribution in [0.4, 0.5) is 4.39 Å². The van der Waals surface area contributed by atoms with Crippen LogP contribution in [-0.4, -0.2) is 16.3 Å². The Balaban J connectivity index is 1.63. The van der Waals surface area contributed by atoms with Crippen molar-refractivity contribution in [3.05, 3.63) is 94.5 Å². The molecule has 4 aromatic rings. The van der Waals surface area contributed by atoms with E-state index in [2.05, 4.69) is 17.3 Å². The highest BCUT2D eigenvalue weighted by molar-refractivity contribution is 5.79. The molecular weight excluding hydrogens is 393 g/mol. The van der Waals surface area contributed by atoms with E-state index in [1.165, 1.54) is 16.8 Å². The summed E-state index contributed by atoms with van der Waals surface area (Å²) in [6.45, 7) is 3.25. The summed E-state index contributed by atoms with van der Waals surface area (Å²) >= 11 is 0. The molecule has 3 aromatic carbocycles. The molecule has 0 spiro atoms. The molecule has 0 aliphatic rings. The van der Waals surface area contributed by atoms with Gasteiger partial charge in [-0.2, -0.15) is 0 Å². The van der Waals surface area contributed by atoms with E-state index in [-0.39, 0.29) is 11.4 Å². The number of nitrogens with zero attached hydrogens (tertiary/aromatic N) is 2. The topological polar surface area (TPSA) is 56.1 Å². The molecule has 6 heteroatoms. The molecule has 0 aliphatic heterocycles. The Hall–Kier alpha value is -3.67. The maximum absolute atomic E-state index is 13.4. The summed E-state index contributed by atoms with van der Waals surface area (Å²) < 4.78 is 20.6. The van der Waals surface area contributed by atoms with Gasteiger partial charge < -0.3 is 10.2 Å². The molecule has 158 valence electrons. The fourth-order valence-corrected chi connectivity index (χ4v) is 3.28. The minimum absolute atomic E-state index is 0.204. The van der Waals surface area contributed by atoms with E-state index in [4.69, 9.17) is 4.74 Å². The van der Waals surface area contributed by atoms with Gasteiger partial charge >= 0.3 is 0 Å². The van der Waals surface area contributed by atoms with Crippen LogP contribution in [-0.2, 0) is 6.54 Å². The Morgan fingerprint density at radius 1 is 1.00 bits per heavy atom. The number of aromatic nitrogens is 2. The summed E-state index contributed by atoms with van der Waals surface area (Å²) in [4.78, 5) is 17.8. The quantitative estimate of drug-likeness (QED) is 0.404. The summed E-state index contributed by atoms with van der Waals surface area (Å²) in [5.41, 5.74) is 5.22. The standard InChI is InChI=1S/C25H24FN3O2/c1-2-3-16-31-21-14-8-18(9-15-21)17-27-29-24(19-10-12-20(26)13-11-19)28-23-7-5-4-6-22(23)25(29)30/h4-15,27H,2-3,16-17H2,1H3. The number of hydrogen-bond acceptors (Lipinski definition) is 4. The van der Waals surface area contributed by atoms with E-state index in [9.17, 15) is 9.18 Å². The highest BCUT2D eigenvalue weighted by Gasteiger charge is 2.13. The van der Waals surface area contributed by atoms with Gasteiger partial charge in [-0.05, 0) is 60.5 Å². The number of halogens is 1. The number of rotatable bonds is 8. The van der Waals surface area contributed by atoms with E-state index < -0.39 is 0 Å². The maximum Gasteiger partial charge on any atom is 0.280 e. The predicted octanol–water partition coefficient (Wildman–Crippen LogP) is 5.13. The van der Waals surface area contributed by atoms with Gasteiger partial charge in [-0.3, -0.25) is 4.79 Å². The highest BCUT2D eigenvalue weighted by atomic mass is 19.1. The summed E-state index contributed by atoms with van der Waals surface area (Å²) in [5.74, 6) is 0.921. The number of para-hydroxylation sites is 1. The van der Waals surface area contributed by atoms with Crippen LogP contribution in [0.2, 0.25) is 0 Å². The van der Waals surface area contributed by atoms with Crippen molar-refractivity contribution < 1.29 is 9.13 Å². The Morgan fingerprint density at radius 2 is 1.74 bits per heavy atom. The lowest BCUT2D eigenvalue weighted by Gasteiger charge is -2.16. The summed E-state index contributed by atoms with van der Waals surface area (Å²) in [5, 5.41) is 0.514. The number of fused-ring (bicyclic) bond motifs is 1. The van der Waals surface area contributed by atoms with Gasteiger partial charge in [0.05, 0.1) is 24.1 Å². The van der Waals surface area contributed by atoms with Crippen LogP contribution in [0.25, 0.3) is 22.3 Å². The molecule has 4 rings (SSSR count). The third-order valence-corrected chi connectivity index (χ3v) is 5.01. The first-order valence-corrected chi connectivity index (χ1v) is 10.4. The predicted molar refractivity (Wildman–Crippen MR) is 121 cm³/mol. The van der Waals surface area contributed by atoms with Gasteiger partial charge in [0.25, 0.3) is 5.56 Å². The fraction of sp³-hybridized carbons (Fsp3) is 0.200. The van der Waals surface area contributed by atoms with Crippen molar-refractivity contribution in [2.45, 2.75) is 26.3 Å². The summed E-state index contributed by atoms with van der Waals surface area (Å²) in [7, 11) is 0. The number of unbranched alkanes of at least 4 members (excludes halogenated alkanes) is 1. The molecule has 0 radical (unpaired) electrons. The highest BCUT2D eigenvalue weighted by Crippen LogP contribution is 2.19. The molecule has 0 bridgehead atoms. The molecule has 0 fully saturated rings. The molecule has 0 amide bonds. The fourth-order valence-electron chi connectivity index (χ4n) is 3.28. The molecule has 0 atom stereocenters. The molecule has 0 saturated carbocycles. The second kappa shape index (κ2) is 9.43. The zero-order valence-electron chi connectivity index (χ0n) is 17.3. The average Bonchev–Trinajstić information content (AvgIpc) is 2.80. The van der Waals surface area contributed by atoms with Crippen LogP contribution in [0.1, 0.15) is 25.3 Å². The summed E-state index contributed by atoms with van der Waals surface area (Å²) in [6, 6.07) is 20.9. The number of ether oxygens (including phenoxy) is 1. The van der Waals surface area contributed by atoms with Gasteiger partial charge in [0.15, 0.2) is 5.82 Å². The van der Waals surface area contributed by atoms with Crippen molar-refractivity contribution in [3.8, 4) is 17.1 Å². The third kappa shape index (κ3) is 4.74. The maximum atomic E-state index is 13.4. The third-order valence-electron chi connectivity index (χ3n) is 5.01. The molecule has 0 unspecified atom stereocenters. The van der Waals surface area contributed by atoms with Crippen molar-refractivity contribution in [2.24, 2.45) is 0 Å². The number of hydrogen-bond donors (Lipinski definition) is 1. The first-order valence-electron chi connectivity index (χ1n) is 10.4. The number of nitrogens with one attached hydrogen (secondary N) is 1. The van der Waals surface area contributed by atoms with Crippen LogP contribution in [0.15, 0.2) is 77.6 Å². The van der Waals surface area contributed by atoms with E-state index in [1.807, 2.05) is 36.4 Å². The molecule has 1 N–H and O–H groups in total. The minimum atomic E-state index is -0.340. The molecule has 0 aliphatic carbocycles. The van der Waals surface area contributed by atoms with E-state index in [1.54, 1.807) is 24.3 Å². The molecule has 1 heterocycles. The zero-order chi connectivity index (χ0) is 21.6. The van der Waals surface area contributed by atoms with Crippen LogP contribution in [0.3, 0.4) is 0 Å². The van der Waals surface area contributed by atoms with Crippen molar-refractivity contribution in [1.29, 1.82) is 0 Å².